The molecule has 0 spiro atoms. The molecule has 2 heterocycles. The van der Waals surface area contributed by atoms with Crippen molar-refractivity contribution in [2.45, 2.75) is 26.4 Å². The molecule has 1 aliphatic heterocycles. The number of aromatic hydroxyl groups is 1. The molecule has 5 heteroatoms. The fraction of sp³-hybridized carbons (Fsp3) is 0.308. The van der Waals surface area contributed by atoms with Gasteiger partial charge in [0.1, 0.15) is 5.75 Å². The standard InChI is InChI=1S/C13H12BrNO3/c1-6-5-10(16)11-8(13-17-7(2)18-13)3-4-9(14)12(11)15-6/h3-5,7,13H,1-2H3,(H,15,16). The first kappa shape index (κ1) is 11.9. The first-order valence-corrected chi connectivity index (χ1v) is 6.45. The van der Waals surface area contributed by atoms with E-state index in [4.69, 9.17) is 9.47 Å². The van der Waals surface area contributed by atoms with Crippen LogP contribution < -0.4 is 0 Å². The molecule has 94 valence electrons. The number of ether oxygens (including phenoxy) is 2. The number of fused-ring (bicyclic) bond motifs is 1. The van der Waals surface area contributed by atoms with Crippen LogP contribution in [0.25, 0.3) is 10.9 Å². The second-order valence-corrected chi connectivity index (χ2v) is 5.17. The average Bonchev–Trinajstić information content (AvgIpc) is 2.27. The topological polar surface area (TPSA) is 51.6 Å². The van der Waals surface area contributed by atoms with Crippen LogP contribution in [0.1, 0.15) is 24.5 Å². The van der Waals surface area contributed by atoms with E-state index in [-0.39, 0.29) is 12.0 Å². The number of hydrogen-bond donors (Lipinski definition) is 1. The van der Waals surface area contributed by atoms with Gasteiger partial charge in [0, 0.05) is 21.8 Å². The Morgan fingerprint density at radius 2 is 2.06 bits per heavy atom. The maximum Gasteiger partial charge on any atom is 0.190 e. The van der Waals surface area contributed by atoms with E-state index in [1.807, 2.05) is 26.0 Å². The molecule has 1 aromatic carbocycles. The minimum Gasteiger partial charge on any atom is -0.507 e. The summed E-state index contributed by atoms with van der Waals surface area (Å²) in [6.07, 6.45) is -0.625. The number of benzene rings is 1. The van der Waals surface area contributed by atoms with Crippen molar-refractivity contribution in [2.75, 3.05) is 0 Å². The summed E-state index contributed by atoms with van der Waals surface area (Å²) in [5.41, 5.74) is 2.29. The predicted octanol–water partition coefficient (Wildman–Crippen LogP) is 3.40. The van der Waals surface area contributed by atoms with Crippen molar-refractivity contribution in [3.05, 3.63) is 33.9 Å². The van der Waals surface area contributed by atoms with Gasteiger partial charge < -0.3 is 14.6 Å². The molecule has 1 saturated heterocycles. The molecule has 3 rings (SSSR count). The lowest BCUT2D eigenvalue weighted by atomic mass is 10.1. The van der Waals surface area contributed by atoms with Crippen molar-refractivity contribution in [1.82, 2.24) is 4.98 Å². The maximum atomic E-state index is 10.1. The van der Waals surface area contributed by atoms with Gasteiger partial charge in [-0.1, -0.05) is 6.07 Å². The first-order valence-electron chi connectivity index (χ1n) is 5.66. The molecule has 1 fully saturated rings. The van der Waals surface area contributed by atoms with Gasteiger partial charge in [0.15, 0.2) is 12.6 Å². The highest BCUT2D eigenvalue weighted by Gasteiger charge is 2.31. The summed E-state index contributed by atoms with van der Waals surface area (Å²) in [6.45, 7) is 3.68. The first-order chi connectivity index (χ1) is 8.56. The van der Waals surface area contributed by atoms with Crippen molar-refractivity contribution < 1.29 is 14.6 Å². The number of nitrogens with zero attached hydrogens (tertiary/aromatic N) is 1. The van der Waals surface area contributed by atoms with Gasteiger partial charge in [-0.15, -0.1) is 0 Å². The Morgan fingerprint density at radius 1 is 1.33 bits per heavy atom. The number of aryl methyl sites for hydroxylation is 1. The van der Waals surface area contributed by atoms with Gasteiger partial charge in [0.25, 0.3) is 0 Å². The lowest BCUT2D eigenvalue weighted by molar-refractivity contribution is -0.382. The summed E-state index contributed by atoms with van der Waals surface area (Å²) >= 11 is 3.45. The zero-order chi connectivity index (χ0) is 12.9. The second kappa shape index (κ2) is 4.19. The van der Waals surface area contributed by atoms with Crippen molar-refractivity contribution in [2.24, 2.45) is 0 Å². The molecule has 0 amide bonds. The van der Waals surface area contributed by atoms with Gasteiger partial charge in [-0.05, 0) is 35.8 Å². The van der Waals surface area contributed by atoms with Crippen LogP contribution in [0.2, 0.25) is 0 Å². The van der Waals surface area contributed by atoms with Gasteiger partial charge >= 0.3 is 0 Å². The van der Waals surface area contributed by atoms with Crippen molar-refractivity contribution in [1.29, 1.82) is 0 Å². The molecule has 1 aliphatic rings. The number of hydrogen-bond acceptors (Lipinski definition) is 4. The molecule has 0 aliphatic carbocycles. The van der Waals surface area contributed by atoms with Gasteiger partial charge in [-0.2, -0.15) is 0 Å². The lowest BCUT2D eigenvalue weighted by Crippen LogP contribution is -2.31. The van der Waals surface area contributed by atoms with Crippen molar-refractivity contribution in [3.8, 4) is 5.75 Å². The van der Waals surface area contributed by atoms with E-state index in [9.17, 15) is 5.11 Å². The molecule has 2 aromatic rings. The Labute approximate surface area is 113 Å². The van der Waals surface area contributed by atoms with Crippen LogP contribution in [0.3, 0.4) is 0 Å². The molecule has 1 aromatic heterocycles. The molecule has 0 unspecified atom stereocenters. The third-order valence-electron chi connectivity index (χ3n) is 2.94. The normalized spacial score (nSPS) is 23.1. The minimum atomic E-state index is -0.425. The van der Waals surface area contributed by atoms with Crippen molar-refractivity contribution >= 4 is 26.8 Å². The Kier molecular flexibility index (Phi) is 2.77. The van der Waals surface area contributed by atoms with Gasteiger partial charge in [0.2, 0.25) is 0 Å². The van der Waals surface area contributed by atoms with Gasteiger partial charge in [-0.3, -0.25) is 4.98 Å². The highest BCUT2D eigenvalue weighted by atomic mass is 79.9. The van der Waals surface area contributed by atoms with E-state index in [1.54, 1.807) is 6.07 Å². The van der Waals surface area contributed by atoms with Crippen molar-refractivity contribution in [3.63, 3.8) is 0 Å². The van der Waals surface area contributed by atoms with E-state index in [1.165, 1.54) is 0 Å². The fourth-order valence-corrected chi connectivity index (χ4v) is 2.56. The van der Waals surface area contributed by atoms with Crippen LogP contribution in [-0.4, -0.2) is 16.4 Å². The summed E-state index contributed by atoms with van der Waals surface area (Å²) in [5.74, 6) is 0.195. The van der Waals surface area contributed by atoms with E-state index < -0.39 is 6.29 Å². The van der Waals surface area contributed by atoms with Crippen LogP contribution in [0.15, 0.2) is 22.7 Å². The molecule has 0 bridgehead atoms. The number of rotatable bonds is 1. The highest BCUT2D eigenvalue weighted by Crippen LogP contribution is 2.40. The third kappa shape index (κ3) is 1.79. The molecule has 4 nitrogen and oxygen atoms in total. The van der Waals surface area contributed by atoms with Gasteiger partial charge in [0.05, 0.1) is 10.9 Å². The molecule has 0 radical (unpaired) electrons. The zero-order valence-corrected chi connectivity index (χ0v) is 11.6. The lowest BCUT2D eigenvalue weighted by Gasteiger charge is -2.34. The maximum absolute atomic E-state index is 10.1. The van der Waals surface area contributed by atoms with E-state index in [0.29, 0.717) is 5.39 Å². The SMILES string of the molecule is Cc1cc(O)c2c(C3OC(C)O3)ccc(Br)c2n1. The molecule has 1 N–H and O–H groups in total. The van der Waals surface area contributed by atoms with E-state index in [0.717, 1.165) is 21.2 Å². The van der Waals surface area contributed by atoms with E-state index >= 15 is 0 Å². The number of pyridine rings is 1. The molecule has 0 atom stereocenters. The monoisotopic (exact) mass is 309 g/mol. The van der Waals surface area contributed by atoms with Gasteiger partial charge in [-0.25, -0.2) is 0 Å². The molecule has 0 saturated carbocycles. The summed E-state index contributed by atoms with van der Waals surface area (Å²) in [6, 6.07) is 5.40. The predicted molar refractivity (Wildman–Crippen MR) is 70.2 cm³/mol. The van der Waals surface area contributed by atoms with Crippen LogP contribution in [0, 0.1) is 6.92 Å². The number of aromatic nitrogens is 1. The molecular formula is C13H12BrNO3. The summed E-state index contributed by atoms with van der Waals surface area (Å²) in [7, 11) is 0. The average molecular weight is 310 g/mol. The highest BCUT2D eigenvalue weighted by molar-refractivity contribution is 9.10. The number of halogens is 1. The Hall–Kier alpha value is -1.17. The van der Waals surface area contributed by atoms with Crippen LogP contribution in [-0.2, 0) is 9.47 Å². The Balaban J connectivity index is 2.24. The minimum absolute atomic E-state index is 0.195. The summed E-state index contributed by atoms with van der Waals surface area (Å²) < 4.78 is 11.8. The molecular weight excluding hydrogens is 298 g/mol. The largest absolute Gasteiger partial charge is 0.507 e. The third-order valence-corrected chi connectivity index (χ3v) is 3.58. The van der Waals surface area contributed by atoms with Crippen LogP contribution in [0.5, 0.6) is 5.75 Å². The smallest absolute Gasteiger partial charge is 0.190 e. The summed E-state index contributed by atoms with van der Waals surface area (Å²) in [5, 5.41) is 10.8. The fourth-order valence-electron chi connectivity index (χ4n) is 2.14. The molecule has 18 heavy (non-hydrogen) atoms. The quantitative estimate of drug-likeness (QED) is 0.877. The Morgan fingerprint density at radius 3 is 2.72 bits per heavy atom. The zero-order valence-electron chi connectivity index (χ0n) is 9.98. The van der Waals surface area contributed by atoms with Crippen LogP contribution >= 0.6 is 15.9 Å². The van der Waals surface area contributed by atoms with E-state index in [2.05, 4.69) is 20.9 Å². The Bertz CT molecular complexity index is 623. The van der Waals surface area contributed by atoms with Crippen LogP contribution in [0.4, 0.5) is 0 Å². The summed E-state index contributed by atoms with van der Waals surface area (Å²) in [4.78, 5) is 4.44. The second-order valence-electron chi connectivity index (χ2n) is 4.31.